The van der Waals surface area contributed by atoms with Crippen LogP contribution in [0.1, 0.15) is 31.2 Å². The van der Waals surface area contributed by atoms with E-state index in [0.29, 0.717) is 12.1 Å². The number of nitrogens with one attached hydrogen (secondary N) is 2. The van der Waals surface area contributed by atoms with Crippen molar-refractivity contribution in [3.8, 4) is 0 Å². The van der Waals surface area contributed by atoms with Crippen molar-refractivity contribution in [3.05, 3.63) is 22.1 Å². The van der Waals surface area contributed by atoms with Gasteiger partial charge in [-0.15, -0.1) is 0 Å². The van der Waals surface area contributed by atoms with Gasteiger partial charge in [-0.3, -0.25) is 9.78 Å². The maximum atomic E-state index is 11.8. The summed E-state index contributed by atoms with van der Waals surface area (Å²) in [5.41, 5.74) is 0.652. The lowest BCUT2D eigenvalue weighted by molar-refractivity contribution is 0.726. The maximum absolute atomic E-state index is 11.8. The fourth-order valence-electron chi connectivity index (χ4n) is 2.17. The van der Waals surface area contributed by atoms with Crippen molar-refractivity contribution in [1.82, 2.24) is 15.3 Å². The second kappa shape index (κ2) is 5.82. The maximum Gasteiger partial charge on any atom is 0.256 e. The summed E-state index contributed by atoms with van der Waals surface area (Å²) in [7, 11) is 1.82. The van der Waals surface area contributed by atoms with Crippen LogP contribution in [-0.2, 0) is 6.54 Å². The van der Waals surface area contributed by atoms with Crippen molar-refractivity contribution in [2.45, 2.75) is 32.2 Å². The second-order valence-electron chi connectivity index (χ2n) is 4.49. The predicted octanol–water partition coefficient (Wildman–Crippen LogP) is 0.870. The van der Waals surface area contributed by atoms with Crippen LogP contribution in [0.2, 0.25) is 0 Å². The zero-order valence-electron chi connectivity index (χ0n) is 10.3. The normalized spacial score (nSPS) is 16.9. The summed E-state index contributed by atoms with van der Waals surface area (Å²) in [5.74, 6) is 0.719. The lowest BCUT2D eigenvalue weighted by atomic mass is 10.2. The van der Waals surface area contributed by atoms with Crippen molar-refractivity contribution in [2.75, 3.05) is 25.0 Å². The summed E-state index contributed by atoms with van der Waals surface area (Å²) in [5, 5.41) is 2.96. The van der Waals surface area contributed by atoms with E-state index in [1.165, 1.54) is 25.7 Å². The highest BCUT2D eigenvalue weighted by molar-refractivity contribution is 5.29. The van der Waals surface area contributed by atoms with Gasteiger partial charge in [0.05, 0.1) is 0 Å². The number of hydrogen-bond donors (Lipinski definition) is 2. The van der Waals surface area contributed by atoms with Gasteiger partial charge in [-0.05, 0) is 19.9 Å². The summed E-state index contributed by atoms with van der Waals surface area (Å²) in [6.45, 7) is 2.55. The molecule has 0 unspecified atom stereocenters. The first-order valence-electron chi connectivity index (χ1n) is 6.29. The Morgan fingerprint density at radius 1 is 1.35 bits per heavy atom. The van der Waals surface area contributed by atoms with E-state index in [2.05, 4.69) is 20.2 Å². The van der Waals surface area contributed by atoms with Crippen molar-refractivity contribution >= 4 is 5.95 Å². The summed E-state index contributed by atoms with van der Waals surface area (Å²) >= 11 is 0. The first kappa shape index (κ1) is 12.1. The highest BCUT2D eigenvalue weighted by atomic mass is 16.1. The molecule has 5 heteroatoms. The zero-order valence-corrected chi connectivity index (χ0v) is 10.3. The van der Waals surface area contributed by atoms with E-state index in [-0.39, 0.29) is 5.56 Å². The molecule has 0 amide bonds. The third-order valence-electron chi connectivity index (χ3n) is 3.13. The molecule has 0 aliphatic carbocycles. The molecule has 0 bridgehead atoms. The van der Waals surface area contributed by atoms with E-state index in [1.807, 2.05) is 7.05 Å². The van der Waals surface area contributed by atoms with Gasteiger partial charge in [0.25, 0.3) is 5.56 Å². The third kappa shape index (κ3) is 3.06. The van der Waals surface area contributed by atoms with Crippen molar-refractivity contribution in [1.29, 1.82) is 0 Å². The van der Waals surface area contributed by atoms with Crippen LogP contribution < -0.4 is 15.8 Å². The molecule has 5 nitrogen and oxygen atoms in total. The van der Waals surface area contributed by atoms with Gasteiger partial charge in [0.1, 0.15) is 0 Å². The van der Waals surface area contributed by atoms with E-state index in [1.54, 1.807) is 6.20 Å². The predicted molar refractivity (Wildman–Crippen MR) is 68.3 cm³/mol. The molecule has 1 aliphatic heterocycles. The molecule has 17 heavy (non-hydrogen) atoms. The van der Waals surface area contributed by atoms with Crippen LogP contribution in [0.15, 0.2) is 11.0 Å². The second-order valence-corrected chi connectivity index (χ2v) is 4.49. The fourth-order valence-corrected chi connectivity index (χ4v) is 2.17. The Labute approximate surface area is 101 Å². The average Bonchev–Trinajstić information content (AvgIpc) is 2.60. The Kier molecular flexibility index (Phi) is 4.14. The Morgan fingerprint density at radius 2 is 2.06 bits per heavy atom. The lowest BCUT2D eigenvalue weighted by Crippen LogP contribution is -2.29. The van der Waals surface area contributed by atoms with Crippen LogP contribution in [0.5, 0.6) is 0 Å². The van der Waals surface area contributed by atoms with E-state index < -0.39 is 0 Å². The molecule has 1 aromatic heterocycles. The van der Waals surface area contributed by atoms with E-state index >= 15 is 0 Å². The highest BCUT2D eigenvalue weighted by Gasteiger charge is 2.12. The molecule has 1 fully saturated rings. The number of aromatic nitrogens is 2. The Hall–Kier alpha value is -1.36. The minimum atomic E-state index is -0.0337. The van der Waals surface area contributed by atoms with Crippen molar-refractivity contribution < 1.29 is 0 Å². The SMILES string of the molecule is CNCc1cnc(N2CCCCCC2)[nH]c1=O. The van der Waals surface area contributed by atoms with Gasteiger partial charge in [-0.2, -0.15) is 0 Å². The van der Waals surface area contributed by atoms with Crippen molar-refractivity contribution in [3.63, 3.8) is 0 Å². The third-order valence-corrected chi connectivity index (χ3v) is 3.13. The van der Waals surface area contributed by atoms with Gasteiger partial charge in [-0.25, -0.2) is 4.98 Å². The van der Waals surface area contributed by atoms with Crippen LogP contribution in [0.25, 0.3) is 0 Å². The Bertz CT molecular complexity index is 407. The van der Waals surface area contributed by atoms with Gasteiger partial charge in [0.2, 0.25) is 5.95 Å². The molecular formula is C12H20N4O. The molecule has 1 aromatic rings. The van der Waals surface area contributed by atoms with E-state index in [9.17, 15) is 4.79 Å². The van der Waals surface area contributed by atoms with Crippen LogP contribution in [0.4, 0.5) is 5.95 Å². The molecule has 1 saturated heterocycles. The van der Waals surface area contributed by atoms with Gasteiger partial charge < -0.3 is 10.2 Å². The van der Waals surface area contributed by atoms with Crippen LogP contribution >= 0.6 is 0 Å². The Morgan fingerprint density at radius 3 is 2.65 bits per heavy atom. The van der Waals surface area contributed by atoms with Crippen LogP contribution in [0, 0.1) is 0 Å². The standard InChI is InChI=1S/C12H20N4O/c1-13-8-10-9-14-12(15-11(10)17)16-6-4-2-3-5-7-16/h9,13H,2-8H2,1H3,(H,14,15,17). The van der Waals surface area contributed by atoms with Gasteiger partial charge >= 0.3 is 0 Å². The summed E-state index contributed by atoms with van der Waals surface area (Å²) in [6, 6.07) is 0. The average molecular weight is 236 g/mol. The fraction of sp³-hybridized carbons (Fsp3) is 0.667. The molecular weight excluding hydrogens is 216 g/mol. The number of rotatable bonds is 3. The quantitative estimate of drug-likeness (QED) is 0.817. The monoisotopic (exact) mass is 236 g/mol. The molecule has 94 valence electrons. The first-order valence-corrected chi connectivity index (χ1v) is 6.29. The van der Waals surface area contributed by atoms with Gasteiger partial charge in [0, 0.05) is 31.4 Å². The molecule has 0 saturated carbocycles. The van der Waals surface area contributed by atoms with Crippen LogP contribution in [0.3, 0.4) is 0 Å². The van der Waals surface area contributed by atoms with E-state index in [4.69, 9.17) is 0 Å². The summed E-state index contributed by atoms with van der Waals surface area (Å²) in [4.78, 5) is 21.2. The number of H-pyrrole nitrogens is 1. The summed E-state index contributed by atoms with van der Waals surface area (Å²) < 4.78 is 0. The number of hydrogen-bond acceptors (Lipinski definition) is 4. The molecule has 2 rings (SSSR count). The topological polar surface area (TPSA) is 61.0 Å². The Balaban J connectivity index is 2.15. The molecule has 2 heterocycles. The minimum Gasteiger partial charge on any atom is -0.342 e. The minimum absolute atomic E-state index is 0.0337. The van der Waals surface area contributed by atoms with Gasteiger partial charge in [0.15, 0.2) is 0 Å². The first-order chi connectivity index (χ1) is 8.31. The zero-order chi connectivity index (χ0) is 12.1. The van der Waals surface area contributed by atoms with E-state index in [0.717, 1.165) is 19.0 Å². The smallest absolute Gasteiger partial charge is 0.256 e. The molecule has 0 radical (unpaired) electrons. The lowest BCUT2D eigenvalue weighted by Gasteiger charge is -2.20. The molecule has 0 spiro atoms. The van der Waals surface area contributed by atoms with Crippen molar-refractivity contribution in [2.24, 2.45) is 0 Å². The summed E-state index contributed by atoms with van der Waals surface area (Å²) in [6.07, 6.45) is 6.59. The number of anilines is 1. The molecule has 0 aromatic carbocycles. The van der Waals surface area contributed by atoms with Gasteiger partial charge in [-0.1, -0.05) is 12.8 Å². The van der Waals surface area contributed by atoms with Crippen LogP contribution in [-0.4, -0.2) is 30.1 Å². The molecule has 0 atom stereocenters. The molecule has 2 N–H and O–H groups in total. The largest absolute Gasteiger partial charge is 0.342 e. The number of aromatic amines is 1. The highest BCUT2D eigenvalue weighted by Crippen LogP contribution is 2.13. The number of nitrogens with zero attached hydrogens (tertiary/aromatic N) is 2. The molecule has 1 aliphatic rings.